The summed E-state index contributed by atoms with van der Waals surface area (Å²) in [5, 5.41) is 18.1. The van der Waals surface area contributed by atoms with Gasteiger partial charge in [-0.25, -0.2) is 0 Å². The molecule has 1 aromatic heterocycles. The Kier molecular flexibility index (Phi) is 3.84. The lowest BCUT2D eigenvalue weighted by molar-refractivity contribution is -0.116. The molecule has 3 rings (SSSR count). The molecule has 0 unspecified atom stereocenters. The molecule has 0 fully saturated rings. The number of carbonyl (C=O) groups is 2. The van der Waals surface area contributed by atoms with E-state index in [0.717, 1.165) is 0 Å². The number of hydrogen-bond acceptors (Lipinski definition) is 5. The van der Waals surface area contributed by atoms with E-state index in [0.29, 0.717) is 29.0 Å². The molecule has 1 aromatic carbocycles. The molecular weight excluding hydrogens is 296 g/mol. The number of para-hydroxylation sites is 1. The van der Waals surface area contributed by atoms with Gasteiger partial charge in [0.1, 0.15) is 5.75 Å². The summed E-state index contributed by atoms with van der Waals surface area (Å²) in [5.74, 6) is -0.489. The third kappa shape index (κ3) is 3.23. The van der Waals surface area contributed by atoms with E-state index >= 15 is 0 Å². The average Bonchev–Trinajstić information content (AvgIpc) is 2.63. The maximum Gasteiger partial charge on any atom is 0.257 e. The van der Waals surface area contributed by atoms with Gasteiger partial charge in [-0.05, 0) is 19.1 Å². The van der Waals surface area contributed by atoms with E-state index in [-0.39, 0.29) is 23.6 Å². The van der Waals surface area contributed by atoms with E-state index in [4.69, 9.17) is 0 Å². The van der Waals surface area contributed by atoms with Crippen molar-refractivity contribution in [3.8, 4) is 5.75 Å². The summed E-state index contributed by atoms with van der Waals surface area (Å²) in [6.45, 7) is 1.88. The number of nitrogens with zero attached hydrogens (tertiary/aromatic N) is 1. The van der Waals surface area contributed by atoms with Crippen LogP contribution in [0.4, 0.5) is 17.1 Å². The number of aromatic hydroxyl groups is 1. The van der Waals surface area contributed by atoms with E-state index in [2.05, 4.69) is 20.9 Å². The molecule has 0 saturated heterocycles. The van der Waals surface area contributed by atoms with E-state index in [1.165, 1.54) is 18.5 Å². The van der Waals surface area contributed by atoms with Crippen molar-refractivity contribution in [2.45, 2.75) is 19.4 Å². The number of carbonyl (C=O) groups excluding carboxylic acids is 2. The molecule has 7 nitrogen and oxygen atoms in total. The van der Waals surface area contributed by atoms with Crippen molar-refractivity contribution in [1.82, 2.24) is 4.98 Å². The number of rotatable bonds is 2. The van der Waals surface area contributed by atoms with Crippen LogP contribution in [0.2, 0.25) is 0 Å². The third-order valence-corrected chi connectivity index (χ3v) is 3.45. The Morgan fingerprint density at radius 3 is 3.00 bits per heavy atom. The molecular formula is C16H16N4O3. The Labute approximate surface area is 132 Å². The zero-order valence-corrected chi connectivity index (χ0v) is 12.5. The number of anilines is 3. The molecule has 1 aliphatic rings. The highest BCUT2D eigenvalue weighted by atomic mass is 16.3. The van der Waals surface area contributed by atoms with Gasteiger partial charge < -0.3 is 21.1 Å². The molecule has 2 aromatic rings. The molecule has 1 aliphatic heterocycles. The van der Waals surface area contributed by atoms with Crippen molar-refractivity contribution in [1.29, 1.82) is 0 Å². The highest BCUT2D eigenvalue weighted by Gasteiger charge is 2.22. The normalized spacial score (nSPS) is 16.6. The van der Waals surface area contributed by atoms with Crippen LogP contribution in [-0.4, -0.2) is 27.9 Å². The molecule has 4 N–H and O–H groups in total. The van der Waals surface area contributed by atoms with Crippen LogP contribution in [0.5, 0.6) is 5.75 Å². The van der Waals surface area contributed by atoms with Crippen molar-refractivity contribution in [2.24, 2.45) is 0 Å². The van der Waals surface area contributed by atoms with Gasteiger partial charge in [-0.1, -0.05) is 6.07 Å². The van der Waals surface area contributed by atoms with Gasteiger partial charge in [0.2, 0.25) is 5.91 Å². The molecule has 0 radical (unpaired) electrons. The van der Waals surface area contributed by atoms with Crippen LogP contribution in [0.15, 0.2) is 36.7 Å². The first-order chi connectivity index (χ1) is 11.0. The molecule has 2 heterocycles. The summed E-state index contributed by atoms with van der Waals surface area (Å²) in [6.07, 6.45) is 3.05. The largest absolute Gasteiger partial charge is 0.506 e. The third-order valence-electron chi connectivity index (χ3n) is 3.45. The lowest BCUT2D eigenvalue weighted by atomic mass is 10.1. The van der Waals surface area contributed by atoms with Gasteiger partial charge in [-0.3, -0.25) is 14.6 Å². The van der Waals surface area contributed by atoms with Gasteiger partial charge in [0, 0.05) is 18.5 Å². The second-order valence-electron chi connectivity index (χ2n) is 5.41. The van der Waals surface area contributed by atoms with Crippen LogP contribution in [0.25, 0.3) is 0 Å². The van der Waals surface area contributed by atoms with Crippen LogP contribution in [-0.2, 0) is 4.79 Å². The van der Waals surface area contributed by atoms with Gasteiger partial charge in [-0.15, -0.1) is 0 Å². The van der Waals surface area contributed by atoms with Crippen molar-refractivity contribution in [3.63, 3.8) is 0 Å². The second-order valence-corrected chi connectivity index (χ2v) is 5.41. The predicted octanol–water partition coefficient (Wildman–Crippen LogP) is 2.18. The van der Waals surface area contributed by atoms with E-state index in [1.807, 2.05) is 6.92 Å². The Balaban J connectivity index is 1.92. The van der Waals surface area contributed by atoms with E-state index in [9.17, 15) is 14.7 Å². The van der Waals surface area contributed by atoms with Crippen LogP contribution < -0.4 is 16.0 Å². The minimum absolute atomic E-state index is 0.0336. The maximum atomic E-state index is 12.5. The standard InChI is InChI=1S/C16H16N4O3/c1-9-5-14(22)20-13-4-2-3-12(15(13)18-9)16(23)19-10-6-11(21)8-17-7-10/h2-4,6-9,18,21H,5H2,1H3,(H,19,23)(H,20,22)/t9-/m1/s1. The lowest BCUT2D eigenvalue weighted by Crippen LogP contribution is -2.20. The van der Waals surface area contributed by atoms with Crippen LogP contribution >= 0.6 is 0 Å². The van der Waals surface area contributed by atoms with Crippen molar-refractivity contribution < 1.29 is 14.7 Å². The van der Waals surface area contributed by atoms with Gasteiger partial charge in [0.05, 0.1) is 35.0 Å². The van der Waals surface area contributed by atoms with Gasteiger partial charge in [0.25, 0.3) is 5.91 Å². The molecule has 0 aliphatic carbocycles. The molecule has 23 heavy (non-hydrogen) atoms. The summed E-state index contributed by atoms with van der Waals surface area (Å²) >= 11 is 0. The summed E-state index contributed by atoms with van der Waals surface area (Å²) in [4.78, 5) is 28.1. The van der Waals surface area contributed by atoms with E-state index < -0.39 is 0 Å². The summed E-state index contributed by atoms with van der Waals surface area (Å²) in [5.41, 5.74) is 1.94. The number of benzene rings is 1. The highest BCUT2D eigenvalue weighted by Crippen LogP contribution is 2.30. The summed E-state index contributed by atoms with van der Waals surface area (Å²) < 4.78 is 0. The van der Waals surface area contributed by atoms with E-state index in [1.54, 1.807) is 18.2 Å². The minimum atomic E-state index is -0.356. The number of hydrogen-bond donors (Lipinski definition) is 4. The van der Waals surface area contributed by atoms with Crippen molar-refractivity contribution in [3.05, 3.63) is 42.2 Å². The quantitative estimate of drug-likeness (QED) is 0.680. The fourth-order valence-electron chi connectivity index (χ4n) is 2.47. The zero-order chi connectivity index (χ0) is 16.4. The van der Waals surface area contributed by atoms with Gasteiger partial charge in [-0.2, -0.15) is 0 Å². The smallest absolute Gasteiger partial charge is 0.257 e. The van der Waals surface area contributed by atoms with Crippen LogP contribution in [0.3, 0.4) is 0 Å². The molecule has 0 bridgehead atoms. The second kappa shape index (κ2) is 5.96. The number of pyridine rings is 1. The first kappa shape index (κ1) is 14.8. The molecule has 0 spiro atoms. The fraction of sp³-hybridized carbons (Fsp3) is 0.188. The molecule has 1 atom stereocenters. The van der Waals surface area contributed by atoms with Crippen molar-refractivity contribution in [2.75, 3.05) is 16.0 Å². The van der Waals surface area contributed by atoms with Gasteiger partial charge in [0.15, 0.2) is 0 Å². The monoisotopic (exact) mass is 312 g/mol. The first-order valence-electron chi connectivity index (χ1n) is 7.17. The predicted molar refractivity (Wildman–Crippen MR) is 86.6 cm³/mol. The fourth-order valence-corrected chi connectivity index (χ4v) is 2.47. The molecule has 7 heteroatoms. The summed E-state index contributed by atoms with van der Waals surface area (Å²) in [7, 11) is 0. The first-order valence-corrected chi connectivity index (χ1v) is 7.17. The highest BCUT2D eigenvalue weighted by molar-refractivity contribution is 6.11. The maximum absolute atomic E-state index is 12.5. The van der Waals surface area contributed by atoms with Crippen LogP contribution in [0, 0.1) is 0 Å². The zero-order valence-electron chi connectivity index (χ0n) is 12.5. The lowest BCUT2D eigenvalue weighted by Gasteiger charge is -2.16. The van der Waals surface area contributed by atoms with Crippen LogP contribution in [0.1, 0.15) is 23.7 Å². The summed E-state index contributed by atoms with van der Waals surface area (Å²) in [6, 6.07) is 6.43. The Morgan fingerprint density at radius 2 is 2.22 bits per heavy atom. The number of fused-ring (bicyclic) bond motifs is 1. The number of amides is 2. The number of nitrogens with one attached hydrogen (secondary N) is 3. The molecule has 2 amide bonds. The average molecular weight is 312 g/mol. The minimum Gasteiger partial charge on any atom is -0.506 e. The Bertz CT molecular complexity index is 776. The molecule has 0 saturated carbocycles. The van der Waals surface area contributed by atoms with Gasteiger partial charge >= 0.3 is 0 Å². The Hall–Kier alpha value is -3.09. The number of aromatic nitrogens is 1. The molecule has 118 valence electrons. The Morgan fingerprint density at radius 1 is 1.39 bits per heavy atom. The SMILES string of the molecule is C[C@@H]1CC(=O)Nc2cccc(C(=O)Nc3cncc(O)c3)c2N1. The van der Waals surface area contributed by atoms with Crippen molar-refractivity contribution >= 4 is 28.9 Å². The topological polar surface area (TPSA) is 103 Å².